The van der Waals surface area contributed by atoms with Crippen molar-refractivity contribution >= 4 is 46.0 Å². The molecule has 1 aromatic heterocycles. The number of hydrogen-bond donors (Lipinski definition) is 1. The molecule has 0 fully saturated rings. The standard InChI is InChI=1S/C11H12ClN3O3S/c1-17-4-5-18-6-9(16)13-10-7(12)2-3-8-11(10)15-19-14-8/h2-3H,4-6H2,1H3,(H,13,16). The van der Waals surface area contributed by atoms with Crippen LogP contribution in [0.1, 0.15) is 0 Å². The minimum Gasteiger partial charge on any atom is -0.382 e. The van der Waals surface area contributed by atoms with E-state index in [1.807, 2.05) is 0 Å². The number of carbonyl (C=O) groups excluding carboxylic acids is 1. The van der Waals surface area contributed by atoms with Crippen LogP contribution in [0.15, 0.2) is 12.1 Å². The van der Waals surface area contributed by atoms with E-state index < -0.39 is 0 Å². The topological polar surface area (TPSA) is 73.3 Å². The highest BCUT2D eigenvalue weighted by Gasteiger charge is 2.12. The maximum atomic E-state index is 11.7. The normalized spacial score (nSPS) is 10.8. The van der Waals surface area contributed by atoms with Gasteiger partial charge in [0, 0.05) is 7.11 Å². The first kappa shape index (κ1) is 14.1. The van der Waals surface area contributed by atoms with Crippen LogP contribution < -0.4 is 5.32 Å². The van der Waals surface area contributed by atoms with E-state index in [0.29, 0.717) is 35.0 Å². The Morgan fingerprint density at radius 3 is 3.05 bits per heavy atom. The van der Waals surface area contributed by atoms with Crippen LogP contribution in [0.3, 0.4) is 0 Å². The summed E-state index contributed by atoms with van der Waals surface area (Å²) >= 11 is 7.12. The van der Waals surface area contributed by atoms with Crippen molar-refractivity contribution in [2.24, 2.45) is 0 Å². The first-order valence-electron chi connectivity index (χ1n) is 5.49. The van der Waals surface area contributed by atoms with Crippen LogP contribution in [0.5, 0.6) is 0 Å². The zero-order valence-electron chi connectivity index (χ0n) is 10.2. The van der Waals surface area contributed by atoms with Gasteiger partial charge in [-0.2, -0.15) is 8.75 Å². The maximum absolute atomic E-state index is 11.7. The van der Waals surface area contributed by atoms with Gasteiger partial charge in [-0.1, -0.05) is 11.6 Å². The van der Waals surface area contributed by atoms with Crippen molar-refractivity contribution in [2.75, 3.05) is 32.2 Å². The SMILES string of the molecule is COCCOCC(=O)Nc1c(Cl)ccc2nsnc12. The number of ether oxygens (including phenoxy) is 2. The van der Waals surface area contributed by atoms with Gasteiger partial charge in [-0.25, -0.2) is 0 Å². The van der Waals surface area contributed by atoms with Crippen molar-refractivity contribution in [2.45, 2.75) is 0 Å². The summed E-state index contributed by atoms with van der Waals surface area (Å²) in [7, 11) is 1.57. The second kappa shape index (κ2) is 6.76. The number of nitrogens with zero attached hydrogens (tertiary/aromatic N) is 2. The average molecular weight is 302 g/mol. The van der Waals surface area contributed by atoms with Crippen molar-refractivity contribution in [3.63, 3.8) is 0 Å². The van der Waals surface area contributed by atoms with Crippen LogP contribution in [0.25, 0.3) is 11.0 Å². The van der Waals surface area contributed by atoms with Crippen molar-refractivity contribution in [1.29, 1.82) is 0 Å². The summed E-state index contributed by atoms with van der Waals surface area (Å²) in [6.07, 6.45) is 0. The summed E-state index contributed by atoms with van der Waals surface area (Å²) in [4.78, 5) is 11.7. The van der Waals surface area contributed by atoms with Gasteiger partial charge in [-0.15, -0.1) is 0 Å². The molecule has 19 heavy (non-hydrogen) atoms. The van der Waals surface area contributed by atoms with Gasteiger partial charge in [0.05, 0.1) is 35.7 Å². The summed E-state index contributed by atoms with van der Waals surface area (Å²) in [6.45, 7) is 0.743. The third kappa shape index (κ3) is 3.60. The van der Waals surface area contributed by atoms with Gasteiger partial charge in [0.25, 0.3) is 0 Å². The van der Waals surface area contributed by atoms with Crippen molar-refractivity contribution in [3.05, 3.63) is 17.2 Å². The number of halogens is 1. The van der Waals surface area contributed by atoms with E-state index in [1.165, 1.54) is 0 Å². The number of aromatic nitrogens is 2. The van der Waals surface area contributed by atoms with Gasteiger partial charge >= 0.3 is 0 Å². The molecule has 8 heteroatoms. The van der Waals surface area contributed by atoms with Crippen molar-refractivity contribution in [3.8, 4) is 0 Å². The highest BCUT2D eigenvalue weighted by atomic mass is 35.5. The van der Waals surface area contributed by atoms with Gasteiger partial charge in [-0.3, -0.25) is 4.79 Å². The molecule has 0 bridgehead atoms. The first-order valence-corrected chi connectivity index (χ1v) is 6.60. The number of benzene rings is 1. The van der Waals surface area contributed by atoms with Gasteiger partial charge < -0.3 is 14.8 Å². The fourth-order valence-corrected chi connectivity index (χ4v) is 2.17. The molecule has 0 saturated carbocycles. The first-order chi connectivity index (χ1) is 9.22. The molecule has 0 radical (unpaired) electrons. The van der Waals surface area contributed by atoms with E-state index >= 15 is 0 Å². The van der Waals surface area contributed by atoms with Crippen molar-refractivity contribution < 1.29 is 14.3 Å². The fraction of sp³-hybridized carbons (Fsp3) is 0.364. The van der Waals surface area contributed by atoms with Gasteiger partial charge in [0.1, 0.15) is 17.6 Å². The van der Waals surface area contributed by atoms with Crippen molar-refractivity contribution in [1.82, 2.24) is 8.75 Å². The number of nitrogens with one attached hydrogen (secondary N) is 1. The third-order valence-electron chi connectivity index (χ3n) is 2.31. The number of rotatable bonds is 6. The van der Waals surface area contributed by atoms with Gasteiger partial charge in [0.15, 0.2) is 0 Å². The lowest BCUT2D eigenvalue weighted by atomic mass is 10.2. The van der Waals surface area contributed by atoms with Crippen LogP contribution in [0.2, 0.25) is 5.02 Å². The molecule has 2 aromatic rings. The zero-order valence-corrected chi connectivity index (χ0v) is 11.8. The molecular weight excluding hydrogens is 290 g/mol. The Labute approximate surface area is 119 Å². The fourth-order valence-electron chi connectivity index (χ4n) is 1.43. The Kier molecular flexibility index (Phi) is 5.03. The number of methoxy groups -OCH3 is 1. The van der Waals surface area contributed by atoms with E-state index in [0.717, 1.165) is 11.7 Å². The van der Waals surface area contributed by atoms with Gasteiger partial charge in [0.2, 0.25) is 5.91 Å². The second-order valence-electron chi connectivity index (χ2n) is 3.65. The minimum atomic E-state index is -0.293. The summed E-state index contributed by atoms with van der Waals surface area (Å²) < 4.78 is 18.1. The highest BCUT2D eigenvalue weighted by molar-refractivity contribution is 7.00. The maximum Gasteiger partial charge on any atom is 0.250 e. The van der Waals surface area contributed by atoms with Crippen LogP contribution in [-0.2, 0) is 14.3 Å². The lowest BCUT2D eigenvalue weighted by molar-refractivity contribution is -0.121. The molecule has 0 unspecified atom stereocenters. The molecule has 0 saturated heterocycles. The molecular formula is C11H12ClN3O3S. The van der Waals surface area contributed by atoms with E-state index in [-0.39, 0.29) is 12.5 Å². The van der Waals surface area contributed by atoms with E-state index in [2.05, 4.69) is 14.1 Å². The lowest BCUT2D eigenvalue weighted by Crippen LogP contribution is -2.20. The van der Waals surface area contributed by atoms with Crippen LogP contribution in [-0.4, -0.2) is 41.6 Å². The molecule has 1 amide bonds. The van der Waals surface area contributed by atoms with Crippen LogP contribution in [0, 0.1) is 0 Å². The largest absolute Gasteiger partial charge is 0.382 e. The molecule has 1 N–H and O–H groups in total. The van der Waals surface area contributed by atoms with E-state index in [4.69, 9.17) is 21.1 Å². The molecule has 0 aliphatic rings. The number of anilines is 1. The predicted octanol–water partition coefficient (Wildman–Crippen LogP) is 1.95. The molecule has 2 rings (SSSR count). The quantitative estimate of drug-likeness (QED) is 0.826. The molecule has 6 nitrogen and oxygen atoms in total. The summed E-state index contributed by atoms with van der Waals surface area (Å²) in [6, 6.07) is 3.43. The van der Waals surface area contributed by atoms with Crippen LogP contribution in [0.4, 0.5) is 5.69 Å². The molecule has 0 spiro atoms. The third-order valence-corrected chi connectivity index (χ3v) is 3.16. The Morgan fingerprint density at radius 2 is 2.26 bits per heavy atom. The summed E-state index contributed by atoms with van der Waals surface area (Å²) in [5.41, 5.74) is 1.75. The summed E-state index contributed by atoms with van der Waals surface area (Å²) in [5, 5.41) is 3.11. The Balaban J connectivity index is 2.02. The smallest absolute Gasteiger partial charge is 0.250 e. The van der Waals surface area contributed by atoms with Crippen LogP contribution >= 0.6 is 23.3 Å². The Hall–Kier alpha value is -1.28. The van der Waals surface area contributed by atoms with Gasteiger partial charge in [-0.05, 0) is 12.1 Å². The number of hydrogen-bond acceptors (Lipinski definition) is 6. The molecule has 1 aromatic carbocycles. The highest BCUT2D eigenvalue weighted by Crippen LogP contribution is 2.29. The minimum absolute atomic E-state index is 0.0619. The molecule has 102 valence electrons. The molecule has 1 heterocycles. The molecule has 0 aliphatic carbocycles. The van der Waals surface area contributed by atoms with E-state index in [1.54, 1.807) is 19.2 Å². The Morgan fingerprint density at radius 1 is 1.42 bits per heavy atom. The second-order valence-corrected chi connectivity index (χ2v) is 4.58. The number of amides is 1. The zero-order chi connectivity index (χ0) is 13.7. The average Bonchev–Trinajstić information content (AvgIpc) is 2.87. The molecule has 0 atom stereocenters. The summed E-state index contributed by atoms with van der Waals surface area (Å²) in [5.74, 6) is -0.293. The lowest BCUT2D eigenvalue weighted by Gasteiger charge is -2.08. The monoisotopic (exact) mass is 301 g/mol. The van der Waals surface area contributed by atoms with E-state index in [9.17, 15) is 4.79 Å². The number of fused-ring (bicyclic) bond motifs is 1. The molecule has 0 aliphatic heterocycles. The predicted molar refractivity (Wildman–Crippen MR) is 73.7 cm³/mol. The Bertz CT molecular complexity index is 575. The number of carbonyl (C=O) groups is 1.